The van der Waals surface area contributed by atoms with Crippen LogP contribution in [0.2, 0.25) is 0 Å². The minimum atomic E-state index is -0.924. The van der Waals surface area contributed by atoms with Crippen LogP contribution in [-0.2, 0) is 0 Å². The maximum absolute atomic E-state index is 10.6. The van der Waals surface area contributed by atoms with Gasteiger partial charge in [0.2, 0.25) is 0 Å². The van der Waals surface area contributed by atoms with Gasteiger partial charge in [-0.25, -0.2) is 4.79 Å². The lowest BCUT2D eigenvalue weighted by molar-refractivity contribution is 0.153. The third-order valence-electron chi connectivity index (χ3n) is 4.37. The smallest absolute Gasteiger partial charge is 0.404 e. The highest BCUT2D eigenvalue weighted by Gasteiger charge is 2.20. The number of carbonyl (C=O) groups is 1. The fourth-order valence-electron chi connectivity index (χ4n) is 3.00. The molecule has 0 spiro atoms. The number of carboxylic acid groups (broad SMARTS) is 1. The largest absolute Gasteiger partial charge is 0.492 e. The molecule has 1 saturated heterocycles. The molecule has 0 bridgehead atoms. The first-order valence-electron chi connectivity index (χ1n) is 8.41. The summed E-state index contributed by atoms with van der Waals surface area (Å²) in [5.41, 5.74) is 2.46. The van der Waals surface area contributed by atoms with Gasteiger partial charge in [-0.15, -0.1) is 0 Å². The predicted molar refractivity (Wildman–Crippen MR) is 91.4 cm³/mol. The second-order valence-electron chi connectivity index (χ2n) is 6.61. The molecule has 5 nitrogen and oxygen atoms in total. The number of hydrogen-bond donors (Lipinski definition) is 2. The Balaban J connectivity index is 1.78. The Morgan fingerprint density at radius 1 is 1.39 bits per heavy atom. The average molecular weight is 320 g/mol. The van der Waals surface area contributed by atoms with Crippen molar-refractivity contribution >= 4 is 6.09 Å². The van der Waals surface area contributed by atoms with E-state index in [1.807, 2.05) is 0 Å². The maximum atomic E-state index is 10.6. The molecule has 1 aromatic rings. The summed E-state index contributed by atoms with van der Waals surface area (Å²) < 4.78 is 6.02. The molecule has 1 fully saturated rings. The Hall–Kier alpha value is -1.75. The second-order valence-corrected chi connectivity index (χ2v) is 6.61. The van der Waals surface area contributed by atoms with E-state index >= 15 is 0 Å². The van der Waals surface area contributed by atoms with Gasteiger partial charge in [0.1, 0.15) is 12.4 Å². The lowest BCUT2D eigenvalue weighted by Crippen LogP contribution is -2.45. The van der Waals surface area contributed by atoms with Crippen LogP contribution >= 0.6 is 0 Å². The molecule has 1 heterocycles. The minimum absolute atomic E-state index is 0.0917. The zero-order valence-corrected chi connectivity index (χ0v) is 14.3. The molecule has 0 aromatic heterocycles. The summed E-state index contributed by atoms with van der Waals surface area (Å²) in [5, 5.41) is 11.3. The molecule has 0 radical (unpaired) electrons. The van der Waals surface area contributed by atoms with Gasteiger partial charge < -0.3 is 15.2 Å². The Labute approximate surface area is 138 Å². The SMILES string of the molecule is Cc1ccc(C(C)C)c(OCCN2CCC(NC(=O)O)CC2)c1. The van der Waals surface area contributed by atoms with Gasteiger partial charge in [-0.3, -0.25) is 4.90 Å². The Morgan fingerprint density at radius 3 is 2.70 bits per heavy atom. The maximum Gasteiger partial charge on any atom is 0.404 e. The van der Waals surface area contributed by atoms with Crippen LogP contribution in [0, 0.1) is 6.92 Å². The zero-order chi connectivity index (χ0) is 16.8. The number of likely N-dealkylation sites (tertiary alicyclic amines) is 1. The molecule has 2 rings (SSSR count). The van der Waals surface area contributed by atoms with Crippen LogP contribution in [0.4, 0.5) is 4.79 Å². The highest BCUT2D eigenvalue weighted by Crippen LogP contribution is 2.27. The molecule has 0 saturated carbocycles. The molecule has 1 amide bonds. The topological polar surface area (TPSA) is 61.8 Å². The molecule has 23 heavy (non-hydrogen) atoms. The molecule has 0 aliphatic carbocycles. The third kappa shape index (κ3) is 5.43. The van der Waals surface area contributed by atoms with E-state index in [0.29, 0.717) is 12.5 Å². The van der Waals surface area contributed by atoms with E-state index in [4.69, 9.17) is 9.84 Å². The van der Waals surface area contributed by atoms with Crippen molar-refractivity contribution in [2.24, 2.45) is 0 Å². The summed E-state index contributed by atoms with van der Waals surface area (Å²) >= 11 is 0. The fraction of sp³-hybridized carbons (Fsp3) is 0.611. The lowest BCUT2D eigenvalue weighted by atomic mass is 10.0. The van der Waals surface area contributed by atoms with E-state index in [2.05, 4.69) is 49.2 Å². The van der Waals surface area contributed by atoms with E-state index in [9.17, 15) is 4.79 Å². The zero-order valence-electron chi connectivity index (χ0n) is 14.3. The summed E-state index contributed by atoms with van der Waals surface area (Å²) in [6.07, 6.45) is 0.814. The van der Waals surface area contributed by atoms with Crippen molar-refractivity contribution in [3.05, 3.63) is 29.3 Å². The van der Waals surface area contributed by atoms with Gasteiger partial charge in [-0.05, 0) is 42.9 Å². The van der Waals surface area contributed by atoms with Crippen molar-refractivity contribution < 1.29 is 14.6 Å². The van der Waals surface area contributed by atoms with Crippen LogP contribution in [0.3, 0.4) is 0 Å². The van der Waals surface area contributed by atoms with E-state index < -0.39 is 6.09 Å². The molecule has 1 aromatic carbocycles. The van der Waals surface area contributed by atoms with Crippen LogP contribution in [0.15, 0.2) is 18.2 Å². The summed E-state index contributed by atoms with van der Waals surface area (Å²) in [5.74, 6) is 1.44. The summed E-state index contributed by atoms with van der Waals surface area (Å²) in [6, 6.07) is 6.48. The Morgan fingerprint density at radius 2 is 2.09 bits per heavy atom. The number of benzene rings is 1. The highest BCUT2D eigenvalue weighted by molar-refractivity contribution is 5.64. The average Bonchev–Trinajstić information content (AvgIpc) is 2.48. The molecular weight excluding hydrogens is 292 g/mol. The third-order valence-corrected chi connectivity index (χ3v) is 4.37. The number of nitrogens with one attached hydrogen (secondary N) is 1. The van der Waals surface area contributed by atoms with Crippen LogP contribution < -0.4 is 10.1 Å². The van der Waals surface area contributed by atoms with Crippen molar-refractivity contribution in [1.82, 2.24) is 10.2 Å². The van der Waals surface area contributed by atoms with Gasteiger partial charge in [0.15, 0.2) is 0 Å². The van der Waals surface area contributed by atoms with E-state index in [1.54, 1.807) is 0 Å². The van der Waals surface area contributed by atoms with Crippen LogP contribution in [0.25, 0.3) is 0 Å². The molecule has 2 N–H and O–H groups in total. The van der Waals surface area contributed by atoms with E-state index in [1.165, 1.54) is 11.1 Å². The Kier molecular flexibility index (Phi) is 6.28. The number of hydrogen-bond acceptors (Lipinski definition) is 3. The standard InChI is InChI=1S/C18H28N2O3/c1-13(2)16-5-4-14(3)12-17(16)23-11-10-20-8-6-15(7-9-20)19-18(21)22/h4-5,12-13,15,19H,6-11H2,1-3H3,(H,21,22). The van der Waals surface area contributed by atoms with Gasteiger partial charge in [0, 0.05) is 25.7 Å². The predicted octanol–water partition coefficient (Wildman–Crippen LogP) is 3.23. The van der Waals surface area contributed by atoms with Gasteiger partial charge in [-0.1, -0.05) is 26.0 Å². The quantitative estimate of drug-likeness (QED) is 0.845. The summed E-state index contributed by atoms with van der Waals surface area (Å²) in [4.78, 5) is 13.0. The van der Waals surface area contributed by atoms with Crippen LogP contribution in [0.5, 0.6) is 5.75 Å². The fourth-order valence-corrected chi connectivity index (χ4v) is 3.00. The van der Waals surface area contributed by atoms with Crippen LogP contribution in [-0.4, -0.2) is 48.4 Å². The number of amides is 1. The van der Waals surface area contributed by atoms with Gasteiger partial charge in [0.25, 0.3) is 0 Å². The first kappa shape index (κ1) is 17.6. The molecule has 1 aliphatic heterocycles. The molecule has 1 aliphatic rings. The van der Waals surface area contributed by atoms with Crippen LogP contribution in [0.1, 0.15) is 43.7 Å². The molecule has 128 valence electrons. The molecule has 5 heteroatoms. The minimum Gasteiger partial charge on any atom is -0.492 e. The summed E-state index contributed by atoms with van der Waals surface area (Å²) in [6.45, 7) is 9.82. The van der Waals surface area contributed by atoms with E-state index in [-0.39, 0.29) is 6.04 Å². The number of ether oxygens (including phenoxy) is 1. The van der Waals surface area contributed by atoms with Crippen molar-refractivity contribution in [3.63, 3.8) is 0 Å². The van der Waals surface area contributed by atoms with E-state index in [0.717, 1.165) is 38.2 Å². The molecular formula is C18H28N2O3. The first-order valence-corrected chi connectivity index (χ1v) is 8.41. The first-order chi connectivity index (χ1) is 11.0. The second kappa shape index (κ2) is 8.20. The van der Waals surface area contributed by atoms with Gasteiger partial charge in [0.05, 0.1) is 0 Å². The number of piperidine rings is 1. The van der Waals surface area contributed by atoms with Gasteiger partial charge in [-0.2, -0.15) is 0 Å². The van der Waals surface area contributed by atoms with Crippen molar-refractivity contribution in [1.29, 1.82) is 0 Å². The van der Waals surface area contributed by atoms with Crippen molar-refractivity contribution in [3.8, 4) is 5.75 Å². The molecule has 0 unspecified atom stereocenters. The van der Waals surface area contributed by atoms with Crippen molar-refractivity contribution in [2.45, 2.75) is 45.6 Å². The monoisotopic (exact) mass is 320 g/mol. The van der Waals surface area contributed by atoms with Gasteiger partial charge >= 0.3 is 6.09 Å². The molecule has 0 atom stereocenters. The summed E-state index contributed by atoms with van der Waals surface area (Å²) in [7, 11) is 0. The lowest BCUT2D eigenvalue weighted by Gasteiger charge is -2.31. The number of aryl methyl sites for hydroxylation is 1. The normalized spacial score (nSPS) is 16.5. The number of rotatable bonds is 6. The Bertz CT molecular complexity index is 523. The highest BCUT2D eigenvalue weighted by atomic mass is 16.5. The van der Waals surface area contributed by atoms with Crippen molar-refractivity contribution in [2.75, 3.05) is 26.2 Å². The number of nitrogens with zero attached hydrogens (tertiary/aromatic N) is 1.